The van der Waals surface area contributed by atoms with Crippen LogP contribution in [0.4, 0.5) is 0 Å². The molecule has 0 radical (unpaired) electrons. The molecule has 0 fully saturated rings. The first-order valence-electron chi connectivity index (χ1n) is 7.34. The number of halogens is 1. The first-order valence-corrected chi connectivity index (χ1v) is 7.72. The summed E-state index contributed by atoms with van der Waals surface area (Å²) in [6.07, 6.45) is 0. The summed E-state index contributed by atoms with van der Waals surface area (Å²) in [5.74, 6) is 0.157. The van der Waals surface area contributed by atoms with Crippen LogP contribution in [0.25, 0.3) is 0 Å². The highest BCUT2D eigenvalue weighted by Crippen LogP contribution is 2.41. The fraction of sp³-hybridized carbons (Fsp3) is 0.278. The van der Waals surface area contributed by atoms with Crippen molar-refractivity contribution in [2.24, 2.45) is 5.73 Å². The second kappa shape index (κ2) is 6.10. The average Bonchev–Trinajstić information content (AvgIpc) is 2.54. The lowest BCUT2D eigenvalue weighted by Gasteiger charge is -2.39. The number of fused-ring (bicyclic) bond motifs is 1. The van der Waals surface area contributed by atoms with Gasteiger partial charge in [0.25, 0.3) is 0 Å². The van der Waals surface area contributed by atoms with Crippen LogP contribution in [-0.2, 0) is 0 Å². The van der Waals surface area contributed by atoms with Crippen LogP contribution in [0.3, 0.4) is 0 Å². The van der Waals surface area contributed by atoms with Gasteiger partial charge in [-0.15, -0.1) is 0 Å². The number of nitrogens with zero attached hydrogens (tertiary/aromatic N) is 2. The molecule has 1 aliphatic heterocycles. The van der Waals surface area contributed by atoms with E-state index in [1.54, 1.807) is 0 Å². The molecule has 0 amide bonds. The van der Waals surface area contributed by atoms with Gasteiger partial charge in [-0.05, 0) is 41.9 Å². The Labute approximate surface area is 135 Å². The maximum atomic E-state index is 9.14. The predicted octanol–water partition coefficient (Wildman–Crippen LogP) is 3.29. The summed E-state index contributed by atoms with van der Waals surface area (Å²) in [5.41, 5.74) is 10.1. The molecule has 2 N–H and O–H groups in total. The molecule has 0 saturated carbocycles. The van der Waals surface area contributed by atoms with Crippen molar-refractivity contribution < 1.29 is 0 Å². The zero-order valence-corrected chi connectivity index (χ0v) is 13.2. The summed E-state index contributed by atoms with van der Waals surface area (Å²) in [6.45, 7) is 1.41. The third-order valence-corrected chi connectivity index (χ3v) is 4.77. The molecule has 3 rings (SSSR count). The van der Waals surface area contributed by atoms with Crippen molar-refractivity contribution in [1.29, 1.82) is 5.26 Å². The fourth-order valence-electron chi connectivity index (χ4n) is 3.36. The topological polar surface area (TPSA) is 53.0 Å². The van der Waals surface area contributed by atoms with Gasteiger partial charge in [-0.2, -0.15) is 5.26 Å². The van der Waals surface area contributed by atoms with Gasteiger partial charge in [0.15, 0.2) is 0 Å². The van der Waals surface area contributed by atoms with Crippen molar-refractivity contribution in [3.63, 3.8) is 0 Å². The Bertz CT molecular complexity index is 735. The van der Waals surface area contributed by atoms with Crippen molar-refractivity contribution in [2.45, 2.75) is 12.0 Å². The molecule has 2 unspecified atom stereocenters. The largest absolute Gasteiger partial charge is 0.329 e. The second-order valence-corrected chi connectivity index (χ2v) is 6.13. The average molecular weight is 312 g/mol. The molecule has 112 valence electrons. The van der Waals surface area contributed by atoms with Crippen LogP contribution in [0.1, 0.15) is 34.2 Å². The van der Waals surface area contributed by atoms with Crippen molar-refractivity contribution in [3.05, 3.63) is 69.7 Å². The van der Waals surface area contributed by atoms with E-state index in [2.05, 4.69) is 30.1 Å². The number of nitrogens with two attached hydrogens (primary N) is 1. The summed E-state index contributed by atoms with van der Waals surface area (Å²) < 4.78 is 0. The maximum Gasteiger partial charge on any atom is 0.0991 e. The van der Waals surface area contributed by atoms with E-state index in [-0.39, 0.29) is 12.0 Å². The van der Waals surface area contributed by atoms with Gasteiger partial charge in [-0.1, -0.05) is 35.9 Å². The van der Waals surface area contributed by atoms with Gasteiger partial charge < -0.3 is 5.73 Å². The minimum atomic E-state index is 0.157. The smallest absolute Gasteiger partial charge is 0.0991 e. The van der Waals surface area contributed by atoms with E-state index in [9.17, 15) is 0 Å². The lowest BCUT2D eigenvalue weighted by atomic mass is 9.81. The minimum Gasteiger partial charge on any atom is -0.329 e. The van der Waals surface area contributed by atoms with Crippen LogP contribution < -0.4 is 5.73 Å². The van der Waals surface area contributed by atoms with Gasteiger partial charge in [0, 0.05) is 30.1 Å². The van der Waals surface area contributed by atoms with Gasteiger partial charge in [0.2, 0.25) is 0 Å². The van der Waals surface area contributed by atoms with Crippen LogP contribution >= 0.6 is 11.6 Å². The molecule has 2 aromatic rings. The monoisotopic (exact) mass is 311 g/mol. The molecular weight excluding hydrogens is 294 g/mol. The van der Waals surface area contributed by atoms with Gasteiger partial charge in [0.1, 0.15) is 0 Å². The lowest BCUT2D eigenvalue weighted by molar-refractivity contribution is 0.223. The molecule has 2 atom stereocenters. The highest BCUT2D eigenvalue weighted by Gasteiger charge is 2.32. The van der Waals surface area contributed by atoms with E-state index in [4.69, 9.17) is 22.6 Å². The van der Waals surface area contributed by atoms with E-state index < -0.39 is 0 Å². The molecular formula is C18H18ClN3. The fourth-order valence-corrected chi connectivity index (χ4v) is 3.67. The number of rotatable bonds is 2. The predicted molar refractivity (Wildman–Crippen MR) is 88.9 cm³/mol. The number of hydrogen-bond acceptors (Lipinski definition) is 3. The van der Waals surface area contributed by atoms with Crippen LogP contribution in [0.5, 0.6) is 0 Å². The van der Waals surface area contributed by atoms with Gasteiger partial charge in [-0.25, -0.2) is 0 Å². The summed E-state index contributed by atoms with van der Waals surface area (Å²) in [5, 5.41) is 9.91. The normalized spacial score (nSPS) is 21.2. The van der Waals surface area contributed by atoms with E-state index in [1.807, 2.05) is 30.3 Å². The number of benzene rings is 2. The van der Waals surface area contributed by atoms with Gasteiger partial charge in [-0.3, -0.25) is 4.90 Å². The summed E-state index contributed by atoms with van der Waals surface area (Å²) in [4.78, 5) is 2.27. The maximum absolute atomic E-state index is 9.14. The molecule has 0 aromatic heterocycles. The molecule has 1 heterocycles. The van der Waals surface area contributed by atoms with E-state index in [1.165, 1.54) is 5.56 Å². The second-order valence-electron chi connectivity index (χ2n) is 5.72. The first-order chi connectivity index (χ1) is 10.7. The Hall–Kier alpha value is -1.86. The number of likely N-dealkylation sites (N-methyl/N-ethyl adjacent to an activating group) is 1. The van der Waals surface area contributed by atoms with Crippen LogP contribution in [0.2, 0.25) is 5.02 Å². The molecule has 22 heavy (non-hydrogen) atoms. The highest BCUT2D eigenvalue weighted by atomic mass is 35.5. The Morgan fingerprint density at radius 1 is 1.32 bits per heavy atom. The molecule has 1 aliphatic rings. The quantitative estimate of drug-likeness (QED) is 0.926. The van der Waals surface area contributed by atoms with E-state index >= 15 is 0 Å². The molecule has 0 saturated heterocycles. The summed E-state index contributed by atoms with van der Waals surface area (Å²) in [6, 6.07) is 16.2. The Morgan fingerprint density at radius 2 is 2.09 bits per heavy atom. The SMILES string of the molecule is CN1CC(c2cccc(C#N)c2)c2c(Cl)cccc2C1CN. The Kier molecular flexibility index (Phi) is 4.17. The number of nitriles is 1. The Balaban J connectivity index is 2.15. The summed E-state index contributed by atoms with van der Waals surface area (Å²) in [7, 11) is 2.09. The van der Waals surface area contributed by atoms with Gasteiger partial charge in [0.05, 0.1) is 11.6 Å². The third kappa shape index (κ3) is 2.50. The van der Waals surface area contributed by atoms with Crippen molar-refractivity contribution in [2.75, 3.05) is 20.1 Å². The van der Waals surface area contributed by atoms with Crippen molar-refractivity contribution >= 4 is 11.6 Å². The van der Waals surface area contributed by atoms with Crippen LogP contribution in [0, 0.1) is 11.3 Å². The molecule has 0 aliphatic carbocycles. The zero-order valence-electron chi connectivity index (χ0n) is 12.5. The van der Waals surface area contributed by atoms with Gasteiger partial charge >= 0.3 is 0 Å². The molecule has 2 aromatic carbocycles. The highest BCUT2D eigenvalue weighted by molar-refractivity contribution is 6.31. The minimum absolute atomic E-state index is 0.157. The molecule has 3 nitrogen and oxygen atoms in total. The molecule has 0 spiro atoms. The lowest BCUT2D eigenvalue weighted by Crippen LogP contribution is -2.39. The third-order valence-electron chi connectivity index (χ3n) is 4.44. The summed E-state index contributed by atoms with van der Waals surface area (Å²) >= 11 is 6.51. The molecule has 4 heteroatoms. The number of hydrogen-bond donors (Lipinski definition) is 1. The first kappa shape index (κ1) is 15.1. The Morgan fingerprint density at radius 3 is 2.82 bits per heavy atom. The standard InChI is InChI=1S/C18H18ClN3/c1-22-11-15(13-5-2-4-12(8-13)9-20)18-14(17(22)10-21)6-3-7-16(18)19/h2-8,15,17H,10-11,21H2,1H3. The van der Waals surface area contributed by atoms with Crippen molar-refractivity contribution in [3.8, 4) is 6.07 Å². The van der Waals surface area contributed by atoms with Crippen molar-refractivity contribution in [1.82, 2.24) is 4.90 Å². The van der Waals surface area contributed by atoms with E-state index in [0.717, 1.165) is 22.7 Å². The zero-order chi connectivity index (χ0) is 15.7. The van der Waals surface area contributed by atoms with E-state index in [0.29, 0.717) is 12.1 Å². The van der Waals surface area contributed by atoms with Crippen LogP contribution in [-0.4, -0.2) is 25.0 Å². The van der Waals surface area contributed by atoms with Crippen LogP contribution in [0.15, 0.2) is 42.5 Å². The molecule has 0 bridgehead atoms.